The number of likely N-dealkylation sites (tertiary alicyclic amines) is 1. The van der Waals surface area contributed by atoms with Crippen LogP contribution in [0.1, 0.15) is 34.9 Å². The molecular formula is C15H18N4O4. The average molecular weight is 318 g/mol. The van der Waals surface area contributed by atoms with Gasteiger partial charge in [-0.25, -0.2) is 9.59 Å². The van der Waals surface area contributed by atoms with Gasteiger partial charge < -0.3 is 10.1 Å². The number of hydrogen-bond acceptors (Lipinski definition) is 5. The molecule has 8 nitrogen and oxygen atoms in total. The summed E-state index contributed by atoms with van der Waals surface area (Å²) in [5.74, 6) is -1.34. The molecule has 1 aliphatic heterocycles. The number of nitrogens with one attached hydrogen (secondary N) is 2. The van der Waals surface area contributed by atoms with Crippen LogP contribution in [0.25, 0.3) is 0 Å². The molecule has 0 amide bonds. The molecule has 0 aliphatic carbocycles. The van der Waals surface area contributed by atoms with Gasteiger partial charge in [0, 0.05) is 24.5 Å². The Hall–Kier alpha value is -2.74. The van der Waals surface area contributed by atoms with Crippen LogP contribution >= 0.6 is 0 Å². The zero-order chi connectivity index (χ0) is 16.8. The molecule has 0 spiro atoms. The third kappa shape index (κ3) is 4.62. The predicted molar refractivity (Wildman–Crippen MR) is 83.5 cm³/mol. The molecule has 3 heterocycles. The van der Waals surface area contributed by atoms with Crippen LogP contribution in [-0.4, -0.2) is 44.5 Å². The summed E-state index contributed by atoms with van der Waals surface area (Å²) in [5.41, 5.74) is -0.614. The third-order valence-electron chi connectivity index (χ3n) is 3.58. The first-order valence-corrected chi connectivity index (χ1v) is 7.14. The number of aromatic amines is 2. The highest BCUT2D eigenvalue weighted by Gasteiger charge is 2.21. The van der Waals surface area contributed by atoms with E-state index in [0.717, 1.165) is 6.07 Å². The lowest BCUT2D eigenvalue weighted by atomic mass is 10.1. The van der Waals surface area contributed by atoms with Crippen LogP contribution < -0.4 is 11.2 Å². The Morgan fingerprint density at radius 1 is 1.39 bits per heavy atom. The Labute approximate surface area is 131 Å². The molecule has 8 heteroatoms. The summed E-state index contributed by atoms with van der Waals surface area (Å²) in [7, 11) is 2.19. The van der Waals surface area contributed by atoms with Crippen molar-refractivity contribution in [2.75, 3.05) is 13.6 Å². The first-order valence-electron chi connectivity index (χ1n) is 7.14. The summed E-state index contributed by atoms with van der Waals surface area (Å²) < 4.78 is 0. The number of carboxylic acid groups (broad SMARTS) is 1. The van der Waals surface area contributed by atoms with Crippen molar-refractivity contribution >= 4 is 5.97 Å². The Bertz CT molecular complexity index is 741. The summed E-state index contributed by atoms with van der Waals surface area (Å²) in [6, 6.07) is 5.59. The summed E-state index contributed by atoms with van der Waals surface area (Å²) in [4.78, 5) is 41.4. The summed E-state index contributed by atoms with van der Waals surface area (Å²) >= 11 is 0. The fraction of sp³-hybridized carbons (Fsp3) is 0.333. The minimum absolute atomic E-state index is 0.418. The molecule has 1 saturated heterocycles. The van der Waals surface area contributed by atoms with Crippen LogP contribution in [0.2, 0.25) is 0 Å². The SMILES string of the molecule is CN1CCCC1c1cccnc1.O=C(O)c1cc(=O)[nH]c(=O)[nH]1. The molecule has 23 heavy (non-hydrogen) atoms. The van der Waals surface area contributed by atoms with Gasteiger partial charge in [-0.1, -0.05) is 6.07 Å². The van der Waals surface area contributed by atoms with Crippen molar-refractivity contribution in [1.29, 1.82) is 0 Å². The Morgan fingerprint density at radius 3 is 2.70 bits per heavy atom. The first-order chi connectivity index (χ1) is 11.0. The van der Waals surface area contributed by atoms with Crippen LogP contribution in [0.4, 0.5) is 0 Å². The lowest BCUT2D eigenvalue weighted by molar-refractivity contribution is 0.0689. The van der Waals surface area contributed by atoms with E-state index in [4.69, 9.17) is 5.11 Å². The van der Waals surface area contributed by atoms with Crippen molar-refractivity contribution in [3.05, 3.63) is 62.7 Å². The molecule has 2 aromatic rings. The Kier molecular flexibility index (Phi) is 5.42. The fourth-order valence-electron chi connectivity index (χ4n) is 2.49. The van der Waals surface area contributed by atoms with E-state index in [2.05, 4.69) is 23.0 Å². The van der Waals surface area contributed by atoms with Gasteiger partial charge in [0.15, 0.2) is 0 Å². The highest BCUT2D eigenvalue weighted by molar-refractivity contribution is 5.84. The van der Waals surface area contributed by atoms with Crippen LogP contribution in [0.3, 0.4) is 0 Å². The van der Waals surface area contributed by atoms with Crippen molar-refractivity contribution in [3.63, 3.8) is 0 Å². The van der Waals surface area contributed by atoms with Gasteiger partial charge in [0.25, 0.3) is 5.56 Å². The van der Waals surface area contributed by atoms with Gasteiger partial charge in [0.2, 0.25) is 0 Å². The van der Waals surface area contributed by atoms with Gasteiger partial charge in [-0.2, -0.15) is 0 Å². The molecule has 1 aliphatic rings. The van der Waals surface area contributed by atoms with Gasteiger partial charge >= 0.3 is 11.7 Å². The van der Waals surface area contributed by atoms with Crippen LogP contribution in [0.5, 0.6) is 0 Å². The Balaban J connectivity index is 0.000000168. The third-order valence-corrected chi connectivity index (χ3v) is 3.58. The standard InChI is InChI=1S/C10H14N2.C5H4N2O4/c1-12-7-3-5-10(12)9-4-2-6-11-8-9;8-3-1-2(4(9)10)6-5(11)7-3/h2,4,6,8,10H,3,5,7H2,1H3;1H,(H,9,10)(H2,6,7,8,11). The molecule has 3 rings (SSSR count). The second-order valence-electron chi connectivity index (χ2n) is 5.23. The predicted octanol–water partition coefficient (Wildman–Crippen LogP) is 0.610. The van der Waals surface area contributed by atoms with E-state index in [1.54, 1.807) is 0 Å². The number of carboxylic acids is 1. The molecule has 1 fully saturated rings. The van der Waals surface area contributed by atoms with E-state index >= 15 is 0 Å². The minimum Gasteiger partial charge on any atom is -0.477 e. The van der Waals surface area contributed by atoms with Gasteiger partial charge in [0.05, 0.1) is 0 Å². The minimum atomic E-state index is -1.34. The lowest BCUT2D eigenvalue weighted by Crippen LogP contribution is -2.24. The number of rotatable bonds is 2. The van der Waals surface area contributed by atoms with E-state index in [1.165, 1.54) is 24.9 Å². The van der Waals surface area contributed by atoms with Crippen molar-refractivity contribution in [2.45, 2.75) is 18.9 Å². The normalized spacial score (nSPS) is 17.3. The maximum atomic E-state index is 10.5. The van der Waals surface area contributed by atoms with Crippen molar-refractivity contribution < 1.29 is 9.90 Å². The number of carbonyl (C=O) groups is 1. The maximum absolute atomic E-state index is 10.5. The van der Waals surface area contributed by atoms with Crippen LogP contribution in [0, 0.1) is 0 Å². The molecule has 1 unspecified atom stereocenters. The monoisotopic (exact) mass is 318 g/mol. The van der Waals surface area contributed by atoms with Crippen molar-refractivity contribution in [1.82, 2.24) is 19.9 Å². The Morgan fingerprint density at radius 2 is 2.17 bits per heavy atom. The largest absolute Gasteiger partial charge is 0.477 e. The van der Waals surface area contributed by atoms with E-state index in [0.29, 0.717) is 6.04 Å². The van der Waals surface area contributed by atoms with E-state index in [9.17, 15) is 14.4 Å². The van der Waals surface area contributed by atoms with Gasteiger partial charge in [0.1, 0.15) is 5.69 Å². The number of aromatic carboxylic acids is 1. The summed E-state index contributed by atoms with van der Waals surface area (Å²) in [6.07, 6.45) is 6.41. The van der Waals surface area contributed by atoms with Gasteiger partial charge in [-0.15, -0.1) is 0 Å². The zero-order valence-electron chi connectivity index (χ0n) is 12.7. The molecule has 1 atom stereocenters. The number of H-pyrrole nitrogens is 2. The molecule has 0 bridgehead atoms. The molecule has 2 aromatic heterocycles. The summed E-state index contributed by atoms with van der Waals surface area (Å²) in [6.45, 7) is 1.22. The molecule has 122 valence electrons. The first kappa shape index (κ1) is 16.6. The quantitative estimate of drug-likeness (QED) is 0.746. The average Bonchev–Trinajstić information content (AvgIpc) is 2.94. The number of hydrogen-bond donors (Lipinski definition) is 3. The molecule has 3 N–H and O–H groups in total. The van der Waals surface area contributed by atoms with Gasteiger partial charge in [-0.05, 0) is 38.1 Å². The number of nitrogens with zero attached hydrogens (tertiary/aromatic N) is 2. The molecule has 0 saturated carbocycles. The van der Waals surface area contributed by atoms with E-state index < -0.39 is 22.9 Å². The highest BCUT2D eigenvalue weighted by Crippen LogP contribution is 2.29. The van der Waals surface area contributed by atoms with Crippen LogP contribution in [-0.2, 0) is 0 Å². The van der Waals surface area contributed by atoms with Crippen LogP contribution in [0.15, 0.2) is 40.2 Å². The zero-order valence-corrected chi connectivity index (χ0v) is 12.7. The van der Waals surface area contributed by atoms with E-state index in [1.807, 2.05) is 28.4 Å². The second-order valence-corrected chi connectivity index (χ2v) is 5.23. The molecule has 0 radical (unpaired) electrons. The lowest BCUT2D eigenvalue weighted by Gasteiger charge is -2.18. The van der Waals surface area contributed by atoms with E-state index in [-0.39, 0.29) is 0 Å². The topological polar surface area (TPSA) is 119 Å². The highest BCUT2D eigenvalue weighted by atomic mass is 16.4. The number of aromatic nitrogens is 3. The van der Waals surface area contributed by atoms with Crippen molar-refractivity contribution in [2.24, 2.45) is 0 Å². The second kappa shape index (κ2) is 7.50. The van der Waals surface area contributed by atoms with Crippen molar-refractivity contribution in [3.8, 4) is 0 Å². The summed E-state index contributed by atoms with van der Waals surface area (Å²) in [5, 5.41) is 8.31. The molecule has 0 aromatic carbocycles. The molecular weight excluding hydrogens is 300 g/mol. The smallest absolute Gasteiger partial charge is 0.352 e. The number of pyridine rings is 1. The van der Waals surface area contributed by atoms with Gasteiger partial charge in [-0.3, -0.25) is 19.7 Å². The maximum Gasteiger partial charge on any atom is 0.352 e. The fourth-order valence-corrected chi connectivity index (χ4v) is 2.49.